The first-order valence-electron chi connectivity index (χ1n) is 12.7. The third kappa shape index (κ3) is 4.68. The van der Waals surface area contributed by atoms with Gasteiger partial charge in [-0.15, -0.1) is 6.58 Å². The maximum Gasteiger partial charge on any atom is 0.354 e. The molecule has 3 aromatic carbocycles. The summed E-state index contributed by atoms with van der Waals surface area (Å²) in [5, 5.41) is 11.5. The molecule has 0 aliphatic carbocycles. The van der Waals surface area contributed by atoms with Crippen LogP contribution in [0.3, 0.4) is 0 Å². The van der Waals surface area contributed by atoms with Crippen molar-refractivity contribution in [3.63, 3.8) is 0 Å². The minimum atomic E-state index is -0.602. The highest BCUT2D eigenvalue weighted by atomic mass is 35.5. The summed E-state index contributed by atoms with van der Waals surface area (Å²) in [6.45, 7) is 11.8. The van der Waals surface area contributed by atoms with E-state index < -0.39 is 11.5 Å². The molecular weight excluding hydrogens is 503 g/mol. The molecule has 0 bridgehead atoms. The zero-order valence-electron chi connectivity index (χ0n) is 21.5. The van der Waals surface area contributed by atoms with Crippen molar-refractivity contribution in [3.05, 3.63) is 94.1 Å². The number of phenols is 1. The number of nitrogens with zero attached hydrogens (tertiary/aromatic N) is 4. The number of para-hydroxylation sites is 1. The Balaban J connectivity index is 1.79. The van der Waals surface area contributed by atoms with Crippen LogP contribution in [0, 0.1) is 5.82 Å². The molecule has 1 aliphatic rings. The van der Waals surface area contributed by atoms with Gasteiger partial charge in [-0.1, -0.05) is 55.8 Å². The molecule has 0 radical (unpaired) electrons. The van der Waals surface area contributed by atoms with Crippen molar-refractivity contribution in [3.8, 4) is 22.6 Å². The SMILES string of the molecule is C=CCN1CCN(c2nc(=O)n(-c3ccccc3C(C)C)c3cc(-c4c(O)cccc4F)c(Cl)cc23)CC1. The number of hydrogen-bond acceptors (Lipinski definition) is 5. The van der Waals surface area contributed by atoms with Crippen LogP contribution in [0.15, 0.2) is 72.0 Å². The van der Waals surface area contributed by atoms with Crippen LogP contribution in [0.25, 0.3) is 27.7 Å². The third-order valence-corrected chi connectivity index (χ3v) is 7.39. The van der Waals surface area contributed by atoms with E-state index in [-0.39, 0.29) is 22.3 Å². The average Bonchev–Trinajstić information content (AvgIpc) is 2.89. The fourth-order valence-corrected chi connectivity index (χ4v) is 5.44. The Bertz CT molecular complexity index is 1550. The maximum atomic E-state index is 14.9. The standard InChI is InChI=1S/C30H30ClFN4O2/c1-4-12-34-13-15-35(16-14-34)29-22-17-23(31)21(28-24(32)9-7-11-27(28)37)18-26(22)36(30(38)33-29)25-10-6-5-8-20(25)19(2)3/h4-11,17-19,37H,1,12-16H2,2-3H3. The number of benzene rings is 3. The quantitative estimate of drug-likeness (QED) is 0.309. The molecule has 196 valence electrons. The summed E-state index contributed by atoms with van der Waals surface area (Å²) >= 11 is 6.75. The fraction of sp³-hybridized carbons (Fsp3) is 0.267. The molecule has 1 fully saturated rings. The molecule has 0 saturated carbocycles. The van der Waals surface area contributed by atoms with Gasteiger partial charge in [0.05, 0.1) is 16.8 Å². The normalized spacial score (nSPS) is 14.4. The lowest BCUT2D eigenvalue weighted by molar-refractivity contribution is 0.283. The molecule has 0 atom stereocenters. The van der Waals surface area contributed by atoms with E-state index >= 15 is 0 Å². The molecule has 6 nitrogen and oxygen atoms in total. The van der Waals surface area contributed by atoms with Gasteiger partial charge in [-0.25, -0.2) is 9.18 Å². The van der Waals surface area contributed by atoms with Gasteiger partial charge in [0.1, 0.15) is 17.4 Å². The molecule has 1 aliphatic heterocycles. The lowest BCUT2D eigenvalue weighted by Gasteiger charge is -2.35. The summed E-state index contributed by atoms with van der Waals surface area (Å²) < 4.78 is 16.5. The topological polar surface area (TPSA) is 61.6 Å². The van der Waals surface area contributed by atoms with Crippen molar-refractivity contribution in [2.24, 2.45) is 0 Å². The molecule has 38 heavy (non-hydrogen) atoms. The summed E-state index contributed by atoms with van der Waals surface area (Å²) in [7, 11) is 0. The third-order valence-electron chi connectivity index (χ3n) is 7.08. The Morgan fingerprint density at radius 1 is 1.11 bits per heavy atom. The number of rotatable bonds is 6. The largest absolute Gasteiger partial charge is 0.507 e. The first kappa shape index (κ1) is 25.9. The molecule has 5 rings (SSSR count). The number of aromatic nitrogens is 2. The van der Waals surface area contributed by atoms with Gasteiger partial charge in [0.2, 0.25) is 0 Å². The van der Waals surface area contributed by atoms with E-state index in [0.29, 0.717) is 41.1 Å². The van der Waals surface area contributed by atoms with Crippen LogP contribution in [0.4, 0.5) is 10.2 Å². The van der Waals surface area contributed by atoms with E-state index in [1.807, 2.05) is 30.3 Å². The molecule has 1 saturated heterocycles. The van der Waals surface area contributed by atoms with Crippen molar-refractivity contribution in [1.29, 1.82) is 0 Å². The Morgan fingerprint density at radius 2 is 1.84 bits per heavy atom. The summed E-state index contributed by atoms with van der Waals surface area (Å²) in [4.78, 5) is 22.7. The van der Waals surface area contributed by atoms with Crippen molar-refractivity contribution in [2.75, 3.05) is 37.6 Å². The zero-order valence-corrected chi connectivity index (χ0v) is 22.2. The molecular formula is C30H30ClFN4O2. The second kappa shape index (κ2) is 10.6. The molecule has 1 aromatic heterocycles. The van der Waals surface area contributed by atoms with E-state index in [2.05, 4.69) is 35.2 Å². The Labute approximate surface area is 226 Å². The van der Waals surface area contributed by atoms with Crippen LogP contribution in [-0.4, -0.2) is 52.3 Å². The first-order chi connectivity index (χ1) is 18.3. The summed E-state index contributed by atoms with van der Waals surface area (Å²) in [6, 6.07) is 15.2. The molecule has 2 heterocycles. The van der Waals surface area contributed by atoms with Gasteiger partial charge in [-0.05, 0) is 41.8 Å². The molecule has 1 N–H and O–H groups in total. The van der Waals surface area contributed by atoms with Gasteiger partial charge in [-0.3, -0.25) is 9.47 Å². The van der Waals surface area contributed by atoms with E-state index in [1.54, 1.807) is 16.7 Å². The van der Waals surface area contributed by atoms with Gasteiger partial charge < -0.3 is 10.0 Å². The highest BCUT2D eigenvalue weighted by molar-refractivity contribution is 6.34. The van der Waals surface area contributed by atoms with Crippen LogP contribution in [0.2, 0.25) is 5.02 Å². The summed E-state index contributed by atoms with van der Waals surface area (Å²) in [5.41, 5.74) is 2.10. The van der Waals surface area contributed by atoms with Crippen LogP contribution < -0.4 is 10.6 Å². The lowest BCUT2D eigenvalue weighted by Crippen LogP contribution is -2.47. The van der Waals surface area contributed by atoms with Crippen LogP contribution >= 0.6 is 11.6 Å². The second-order valence-corrected chi connectivity index (χ2v) is 10.2. The Morgan fingerprint density at radius 3 is 2.53 bits per heavy atom. The van der Waals surface area contributed by atoms with E-state index in [4.69, 9.17) is 11.6 Å². The molecule has 4 aromatic rings. The predicted octanol–water partition coefficient (Wildman–Crippen LogP) is 5.98. The van der Waals surface area contributed by atoms with Crippen LogP contribution in [-0.2, 0) is 0 Å². The first-order valence-corrected chi connectivity index (χ1v) is 13.1. The van der Waals surface area contributed by atoms with Gasteiger partial charge in [0.25, 0.3) is 0 Å². The van der Waals surface area contributed by atoms with Gasteiger partial charge in [-0.2, -0.15) is 4.98 Å². The predicted molar refractivity (Wildman–Crippen MR) is 152 cm³/mol. The zero-order chi connectivity index (χ0) is 27.0. The second-order valence-electron chi connectivity index (χ2n) is 9.83. The van der Waals surface area contributed by atoms with E-state index in [0.717, 1.165) is 25.2 Å². The Hall–Kier alpha value is -3.68. The Kier molecular flexibility index (Phi) is 7.23. The number of anilines is 1. The van der Waals surface area contributed by atoms with E-state index in [1.165, 1.54) is 18.2 Å². The monoisotopic (exact) mass is 532 g/mol. The molecule has 0 spiro atoms. The fourth-order valence-electron chi connectivity index (χ4n) is 5.18. The van der Waals surface area contributed by atoms with Crippen molar-refractivity contribution in [1.82, 2.24) is 14.5 Å². The summed E-state index contributed by atoms with van der Waals surface area (Å²) in [5.74, 6) is -0.133. The van der Waals surface area contributed by atoms with Crippen LogP contribution in [0.1, 0.15) is 25.3 Å². The number of halogens is 2. The molecule has 0 unspecified atom stereocenters. The lowest BCUT2D eigenvalue weighted by atomic mass is 9.99. The summed E-state index contributed by atoms with van der Waals surface area (Å²) in [6.07, 6.45) is 1.89. The number of piperazine rings is 1. The van der Waals surface area contributed by atoms with Crippen molar-refractivity contribution < 1.29 is 9.50 Å². The molecule has 8 heteroatoms. The number of phenolic OH excluding ortho intramolecular Hbond substituents is 1. The number of fused-ring (bicyclic) bond motifs is 1. The number of hydrogen-bond donors (Lipinski definition) is 1. The minimum absolute atomic E-state index is 0.00746. The van der Waals surface area contributed by atoms with Crippen molar-refractivity contribution in [2.45, 2.75) is 19.8 Å². The number of aromatic hydroxyl groups is 1. The van der Waals surface area contributed by atoms with Crippen LogP contribution in [0.5, 0.6) is 5.75 Å². The molecule has 0 amide bonds. The average molecular weight is 533 g/mol. The smallest absolute Gasteiger partial charge is 0.354 e. The highest BCUT2D eigenvalue weighted by Gasteiger charge is 2.25. The minimum Gasteiger partial charge on any atom is -0.507 e. The van der Waals surface area contributed by atoms with Gasteiger partial charge in [0.15, 0.2) is 0 Å². The van der Waals surface area contributed by atoms with Crippen molar-refractivity contribution >= 4 is 28.3 Å². The van der Waals surface area contributed by atoms with Gasteiger partial charge >= 0.3 is 5.69 Å². The highest BCUT2D eigenvalue weighted by Crippen LogP contribution is 2.40. The maximum absolute atomic E-state index is 14.9. The van der Waals surface area contributed by atoms with Gasteiger partial charge in [0, 0.05) is 48.7 Å². The van der Waals surface area contributed by atoms with E-state index in [9.17, 15) is 14.3 Å².